The fourth-order valence-electron chi connectivity index (χ4n) is 4.19. The van der Waals surface area contributed by atoms with Crippen LogP contribution in [-0.4, -0.2) is 44.3 Å². The molecule has 3 aromatic rings. The molecule has 1 atom stereocenters. The second kappa shape index (κ2) is 12.9. The molecular weight excluding hydrogens is 522 g/mol. The third kappa shape index (κ3) is 6.94. The molecule has 2 amide bonds. The third-order valence-electron chi connectivity index (χ3n) is 6.26. The van der Waals surface area contributed by atoms with E-state index in [1.54, 1.807) is 37.3 Å². The average molecular weight is 556 g/mol. The maximum atomic E-state index is 14.0. The lowest BCUT2D eigenvalue weighted by molar-refractivity contribution is -0.140. The number of likely N-dealkylation sites (N-methyl/N-ethyl adjacent to an activating group) is 1. The topological polar surface area (TPSA) is 86.8 Å². The van der Waals surface area contributed by atoms with Gasteiger partial charge in [-0.1, -0.05) is 72.6 Å². The molecule has 0 heterocycles. The highest BCUT2D eigenvalue weighted by Crippen LogP contribution is 2.30. The molecule has 0 unspecified atom stereocenters. The molecule has 3 aromatic carbocycles. The minimum atomic E-state index is -4.15. The van der Waals surface area contributed by atoms with Crippen molar-refractivity contribution in [2.75, 3.05) is 17.4 Å². The van der Waals surface area contributed by atoms with E-state index in [4.69, 9.17) is 11.6 Å². The van der Waals surface area contributed by atoms with Crippen LogP contribution in [0.15, 0.2) is 77.7 Å². The molecule has 9 heteroatoms. The summed E-state index contributed by atoms with van der Waals surface area (Å²) in [6.07, 6.45) is 0.366. The van der Waals surface area contributed by atoms with E-state index in [9.17, 15) is 18.0 Å². The van der Waals surface area contributed by atoms with Crippen LogP contribution >= 0.6 is 11.6 Å². The number of hydrogen-bond acceptors (Lipinski definition) is 4. The van der Waals surface area contributed by atoms with Crippen LogP contribution in [0.2, 0.25) is 5.02 Å². The summed E-state index contributed by atoms with van der Waals surface area (Å²) in [5, 5.41) is 3.14. The van der Waals surface area contributed by atoms with E-state index in [0.29, 0.717) is 29.2 Å². The number of hydrogen-bond donors (Lipinski definition) is 1. The van der Waals surface area contributed by atoms with E-state index in [-0.39, 0.29) is 17.3 Å². The summed E-state index contributed by atoms with van der Waals surface area (Å²) in [6.45, 7) is 7.34. The summed E-state index contributed by atoms with van der Waals surface area (Å²) < 4.78 is 29.0. The molecule has 0 aliphatic heterocycles. The van der Waals surface area contributed by atoms with E-state index < -0.39 is 28.5 Å². The second-order valence-electron chi connectivity index (χ2n) is 9.08. The maximum absolute atomic E-state index is 14.0. The zero-order valence-corrected chi connectivity index (χ0v) is 23.7. The van der Waals surface area contributed by atoms with Gasteiger partial charge in [0.2, 0.25) is 11.8 Å². The van der Waals surface area contributed by atoms with Gasteiger partial charge in [-0.3, -0.25) is 13.9 Å². The van der Waals surface area contributed by atoms with Gasteiger partial charge in [0, 0.05) is 18.1 Å². The zero-order valence-electron chi connectivity index (χ0n) is 22.1. The molecule has 38 heavy (non-hydrogen) atoms. The first-order chi connectivity index (χ1) is 18.1. The molecule has 0 bridgehead atoms. The Bertz CT molecular complexity index is 1360. The highest BCUT2D eigenvalue weighted by atomic mass is 35.5. The number of rotatable bonds is 11. The summed E-state index contributed by atoms with van der Waals surface area (Å²) in [6, 6.07) is 19.9. The minimum Gasteiger partial charge on any atom is -0.355 e. The molecule has 1 N–H and O–H groups in total. The van der Waals surface area contributed by atoms with Crippen molar-refractivity contribution in [3.63, 3.8) is 0 Å². The standard InChI is InChI=1S/C29H34ClN3O4S/c1-5-26(29(35)31-6-2)32(19-23-10-8-7-9-11-23)28(34)20-33(27-18-24(30)15-14-22(27)4)38(36,37)25-16-12-21(3)13-17-25/h7-18,26H,5-6,19-20H2,1-4H3,(H,31,35)/t26-/m1/s1. The highest BCUT2D eigenvalue weighted by Gasteiger charge is 2.34. The largest absolute Gasteiger partial charge is 0.355 e. The normalized spacial score (nSPS) is 12.0. The van der Waals surface area contributed by atoms with E-state index >= 15 is 0 Å². The molecule has 0 fully saturated rings. The molecule has 202 valence electrons. The molecule has 0 saturated heterocycles. The molecule has 0 aliphatic rings. The van der Waals surface area contributed by atoms with Crippen molar-refractivity contribution < 1.29 is 18.0 Å². The van der Waals surface area contributed by atoms with Crippen LogP contribution in [0.1, 0.15) is 37.0 Å². The van der Waals surface area contributed by atoms with Crippen molar-refractivity contribution in [1.29, 1.82) is 0 Å². The molecule has 0 aliphatic carbocycles. The van der Waals surface area contributed by atoms with Crippen LogP contribution in [0.4, 0.5) is 5.69 Å². The number of nitrogens with one attached hydrogen (secondary N) is 1. The van der Waals surface area contributed by atoms with Crippen LogP contribution in [-0.2, 0) is 26.2 Å². The summed E-state index contributed by atoms with van der Waals surface area (Å²) >= 11 is 6.26. The van der Waals surface area contributed by atoms with Crippen LogP contribution in [0.5, 0.6) is 0 Å². The predicted molar refractivity (Wildman–Crippen MR) is 152 cm³/mol. The minimum absolute atomic E-state index is 0.0562. The van der Waals surface area contributed by atoms with Gasteiger partial charge in [-0.25, -0.2) is 8.42 Å². The fourth-order valence-corrected chi connectivity index (χ4v) is 5.83. The monoisotopic (exact) mass is 555 g/mol. The number of carbonyl (C=O) groups excluding carboxylic acids is 2. The van der Waals surface area contributed by atoms with Crippen molar-refractivity contribution in [2.45, 2.75) is 51.6 Å². The first kappa shape index (κ1) is 29.2. The predicted octanol–water partition coefficient (Wildman–Crippen LogP) is 5.10. The van der Waals surface area contributed by atoms with Gasteiger partial charge in [0.05, 0.1) is 10.6 Å². The SMILES string of the molecule is CCNC(=O)[C@@H](CC)N(Cc1ccccc1)C(=O)CN(c1cc(Cl)ccc1C)S(=O)(=O)c1ccc(C)cc1. The quantitative estimate of drug-likeness (QED) is 0.357. The van der Waals surface area contributed by atoms with E-state index in [1.165, 1.54) is 17.0 Å². The zero-order chi connectivity index (χ0) is 27.9. The molecule has 0 radical (unpaired) electrons. The van der Waals surface area contributed by atoms with Crippen molar-refractivity contribution in [3.8, 4) is 0 Å². The van der Waals surface area contributed by atoms with Gasteiger partial charge in [0.25, 0.3) is 10.0 Å². The Hall–Kier alpha value is -3.36. The second-order valence-corrected chi connectivity index (χ2v) is 11.4. The Balaban J connectivity index is 2.09. The lowest BCUT2D eigenvalue weighted by atomic mass is 10.1. The van der Waals surface area contributed by atoms with Crippen LogP contribution < -0.4 is 9.62 Å². The summed E-state index contributed by atoms with van der Waals surface area (Å²) in [5.41, 5.74) is 2.68. The van der Waals surface area contributed by atoms with Crippen molar-refractivity contribution in [2.24, 2.45) is 0 Å². The highest BCUT2D eigenvalue weighted by molar-refractivity contribution is 7.92. The van der Waals surface area contributed by atoms with Crippen molar-refractivity contribution in [3.05, 3.63) is 94.5 Å². The number of aryl methyl sites for hydroxylation is 2. The number of sulfonamides is 1. The Morgan fingerprint density at radius 2 is 1.61 bits per heavy atom. The Morgan fingerprint density at radius 1 is 0.947 bits per heavy atom. The Labute approximate surface area is 230 Å². The van der Waals surface area contributed by atoms with Gasteiger partial charge in [0.15, 0.2) is 0 Å². The molecule has 0 spiro atoms. The van der Waals surface area contributed by atoms with Crippen LogP contribution in [0.3, 0.4) is 0 Å². The molecule has 3 rings (SSSR count). The van der Waals surface area contributed by atoms with Gasteiger partial charge >= 0.3 is 0 Å². The van der Waals surface area contributed by atoms with E-state index in [2.05, 4.69) is 5.32 Å². The molecule has 0 aromatic heterocycles. The first-order valence-corrected chi connectivity index (χ1v) is 14.4. The number of benzene rings is 3. The number of anilines is 1. The summed E-state index contributed by atoms with van der Waals surface area (Å²) in [4.78, 5) is 28.4. The molecule has 0 saturated carbocycles. The van der Waals surface area contributed by atoms with Crippen LogP contribution in [0, 0.1) is 13.8 Å². The van der Waals surface area contributed by atoms with E-state index in [1.807, 2.05) is 51.1 Å². The lowest BCUT2D eigenvalue weighted by Gasteiger charge is -2.33. The summed E-state index contributed by atoms with van der Waals surface area (Å²) in [5.74, 6) is -0.784. The smallest absolute Gasteiger partial charge is 0.264 e. The number of amides is 2. The third-order valence-corrected chi connectivity index (χ3v) is 8.27. The Kier molecular flexibility index (Phi) is 9.94. The average Bonchev–Trinajstić information content (AvgIpc) is 2.89. The molecule has 7 nitrogen and oxygen atoms in total. The number of carbonyl (C=O) groups is 2. The van der Waals surface area contributed by atoms with E-state index in [0.717, 1.165) is 15.4 Å². The first-order valence-electron chi connectivity index (χ1n) is 12.5. The maximum Gasteiger partial charge on any atom is 0.264 e. The number of nitrogens with zero attached hydrogens (tertiary/aromatic N) is 2. The molecular formula is C29H34ClN3O4S. The van der Waals surface area contributed by atoms with Crippen LogP contribution in [0.25, 0.3) is 0 Å². The Morgan fingerprint density at radius 3 is 2.21 bits per heavy atom. The fraction of sp³-hybridized carbons (Fsp3) is 0.310. The number of halogens is 1. The van der Waals surface area contributed by atoms with Crippen molar-refractivity contribution in [1.82, 2.24) is 10.2 Å². The van der Waals surface area contributed by atoms with Gasteiger partial charge in [-0.05, 0) is 62.6 Å². The van der Waals surface area contributed by atoms with Gasteiger partial charge in [-0.15, -0.1) is 0 Å². The van der Waals surface area contributed by atoms with Gasteiger partial charge in [-0.2, -0.15) is 0 Å². The lowest BCUT2D eigenvalue weighted by Crippen LogP contribution is -2.52. The summed E-state index contributed by atoms with van der Waals surface area (Å²) in [7, 11) is -4.15. The van der Waals surface area contributed by atoms with Gasteiger partial charge < -0.3 is 10.2 Å². The van der Waals surface area contributed by atoms with Gasteiger partial charge in [0.1, 0.15) is 12.6 Å². The van der Waals surface area contributed by atoms with Crippen molar-refractivity contribution >= 4 is 39.1 Å².